The van der Waals surface area contributed by atoms with Crippen molar-refractivity contribution in [1.82, 2.24) is 0 Å². The Morgan fingerprint density at radius 1 is 1.08 bits per heavy atom. The summed E-state index contributed by atoms with van der Waals surface area (Å²) in [6.07, 6.45) is 0. The van der Waals surface area contributed by atoms with E-state index in [0.29, 0.717) is 0 Å². The molecule has 0 saturated heterocycles. The van der Waals surface area contributed by atoms with Crippen molar-refractivity contribution in [3.8, 4) is 0 Å². The second-order valence-electron chi connectivity index (χ2n) is 0.899. The third kappa shape index (κ3) is 183. The Hall–Kier alpha value is 4.25. The summed E-state index contributed by atoms with van der Waals surface area (Å²) in [6.45, 7) is 0. The molecule has 0 aromatic heterocycles. The van der Waals surface area contributed by atoms with Gasteiger partial charge in [0.2, 0.25) is 0 Å². The van der Waals surface area contributed by atoms with Crippen molar-refractivity contribution in [3.63, 3.8) is 0 Å². The molecule has 0 aliphatic carbocycles. The number of hydrogen-bond acceptors (Lipinski definition) is 6. The van der Waals surface area contributed by atoms with Gasteiger partial charge in [-0.15, -0.1) is 0 Å². The summed E-state index contributed by atoms with van der Waals surface area (Å²) in [5, 5.41) is 0. The van der Waals surface area contributed by atoms with Crippen LogP contribution < -0.4 is 137 Å². The molecule has 0 radical (unpaired) electrons. The molecule has 0 aliphatic rings. The van der Waals surface area contributed by atoms with E-state index in [4.69, 9.17) is 36.8 Å². The Kier molecular flexibility index (Phi) is 33.4. The molecule has 13 heavy (non-hydrogen) atoms. The van der Waals surface area contributed by atoms with Gasteiger partial charge in [-0.25, -0.2) is 0 Å². The molecule has 0 saturated carbocycles. The number of phosphoric acid groups is 1. The van der Waals surface area contributed by atoms with Gasteiger partial charge in [-0.2, -0.15) is 0 Å². The molecule has 0 heterocycles. The topological polar surface area (TPSA) is 161 Å². The summed E-state index contributed by atoms with van der Waals surface area (Å²) >= 11 is 0. The van der Waals surface area contributed by atoms with Gasteiger partial charge < -0.3 is 23.8 Å². The van der Waals surface area contributed by atoms with E-state index in [2.05, 4.69) is 0 Å². The second-order valence-corrected chi connectivity index (χ2v) is 2.70. The van der Waals surface area contributed by atoms with Crippen LogP contribution in [-0.4, -0.2) is 27.3 Å². The summed E-state index contributed by atoms with van der Waals surface area (Å²) in [5.74, 6) is 0. The van der Waals surface area contributed by atoms with E-state index in [1.807, 2.05) is 0 Å². The third-order valence-corrected chi connectivity index (χ3v) is 0. The minimum atomic E-state index is -5.17. The van der Waals surface area contributed by atoms with Crippen molar-refractivity contribution in [2.75, 3.05) is 0 Å². The SMILES string of the molecule is O=P([O-])(O)O.O=S(=O)([O-])[O-].[K+].[K+].[Na+]. The summed E-state index contributed by atoms with van der Waals surface area (Å²) < 4.78 is 42.9. The van der Waals surface area contributed by atoms with Gasteiger partial charge in [-0.1, -0.05) is 0 Å². The quantitative estimate of drug-likeness (QED) is 0.193. The van der Waals surface area contributed by atoms with Crippen LogP contribution in [0.25, 0.3) is 0 Å². The fraction of sp³-hybridized carbons (Fsp3) is 0. The molecule has 0 spiro atoms. The maximum absolute atomic E-state index is 8.77. The largest absolute Gasteiger partial charge is 1.00 e. The Bertz CT molecular complexity index is 200. The number of rotatable bonds is 0. The molecule has 0 aliphatic heterocycles. The molecule has 0 aromatic rings. The van der Waals surface area contributed by atoms with E-state index in [9.17, 15) is 0 Å². The first kappa shape index (κ1) is 30.4. The molecule has 0 unspecified atom stereocenters. The van der Waals surface area contributed by atoms with Crippen LogP contribution >= 0.6 is 7.82 Å². The van der Waals surface area contributed by atoms with Gasteiger partial charge in [-0.05, 0) is 0 Å². The normalized spacial score (nSPS) is 9.00. The van der Waals surface area contributed by atoms with Crippen molar-refractivity contribution in [2.45, 2.75) is 0 Å². The average Bonchev–Trinajstić information content (AvgIpc) is 1.12. The molecule has 0 fully saturated rings. The van der Waals surface area contributed by atoms with Crippen LogP contribution in [0.1, 0.15) is 0 Å². The first-order valence-electron chi connectivity index (χ1n) is 1.43. The number of hydrogen-bond donors (Lipinski definition) is 2. The van der Waals surface area contributed by atoms with Crippen molar-refractivity contribution in [2.24, 2.45) is 0 Å². The summed E-state index contributed by atoms with van der Waals surface area (Å²) in [6, 6.07) is 0. The first-order chi connectivity index (χ1) is 4.00. The molecule has 13 heteroatoms. The van der Waals surface area contributed by atoms with Crippen LogP contribution in [0, 0.1) is 0 Å². The molecule has 0 aromatic carbocycles. The van der Waals surface area contributed by atoms with E-state index in [0.717, 1.165) is 0 Å². The fourth-order valence-electron chi connectivity index (χ4n) is 0. The van der Waals surface area contributed by atoms with Gasteiger partial charge in [-0.3, -0.25) is 13.0 Å². The van der Waals surface area contributed by atoms with Gasteiger partial charge >= 0.3 is 132 Å². The predicted molar refractivity (Wildman–Crippen MR) is 22.5 cm³/mol. The Balaban J connectivity index is -0.0000000267. The van der Waals surface area contributed by atoms with Crippen molar-refractivity contribution < 1.29 is 169 Å². The molecular formula is H2K2NaO8PS. The molecule has 0 bridgehead atoms. The molecule has 2 N–H and O–H groups in total. The molecule has 0 amide bonds. The predicted octanol–water partition coefficient (Wildman–Crippen LogP) is -11.9. The molecule has 8 nitrogen and oxygen atoms in total. The summed E-state index contributed by atoms with van der Waals surface area (Å²) in [5.41, 5.74) is 0. The Morgan fingerprint density at radius 3 is 1.08 bits per heavy atom. The minimum Gasteiger partial charge on any atom is -0.759 e. The zero-order valence-corrected chi connectivity index (χ0v) is 17.2. The van der Waals surface area contributed by atoms with Crippen LogP contribution in [0.2, 0.25) is 0 Å². The Labute approximate surface area is 182 Å². The van der Waals surface area contributed by atoms with Crippen LogP contribution in [0.4, 0.5) is 0 Å². The minimum absolute atomic E-state index is 0. The zero-order valence-electron chi connectivity index (χ0n) is 7.20. The van der Waals surface area contributed by atoms with Crippen LogP contribution in [0.3, 0.4) is 0 Å². The fourth-order valence-corrected chi connectivity index (χ4v) is 0. The van der Waals surface area contributed by atoms with E-state index in [-0.39, 0.29) is 132 Å². The monoisotopic (exact) mass is 294 g/mol. The van der Waals surface area contributed by atoms with E-state index in [1.165, 1.54) is 0 Å². The van der Waals surface area contributed by atoms with Gasteiger partial charge in [0.25, 0.3) is 7.82 Å². The standard InChI is InChI=1S/2K.Na.H3O4P.H2O4S/c;;;2*1-5(2,3)4/h;;;(H3,1,2,3,4);(H2,1,2,3,4)/q3*+1;;/p-3. The Morgan fingerprint density at radius 2 is 1.08 bits per heavy atom. The van der Waals surface area contributed by atoms with Crippen LogP contribution in [0.15, 0.2) is 0 Å². The van der Waals surface area contributed by atoms with E-state index in [1.54, 1.807) is 0 Å². The molecule has 0 atom stereocenters. The zero-order chi connectivity index (χ0) is 9.00. The van der Waals surface area contributed by atoms with Crippen molar-refractivity contribution in [1.29, 1.82) is 0 Å². The second kappa shape index (κ2) is 14.3. The molecule has 0 rings (SSSR count). The van der Waals surface area contributed by atoms with E-state index < -0.39 is 18.2 Å². The van der Waals surface area contributed by atoms with Gasteiger partial charge in [0, 0.05) is 10.4 Å². The molecular weight excluding hydrogens is 292 g/mol. The van der Waals surface area contributed by atoms with E-state index >= 15 is 0 Å². The maximum atomic E-state index is 8.77. The van der Waals surface area contributed by atoms with Crippen molar-refractivity contribution >= 4 is 18.2 Å². The third-order valence-electron chi connectivity index (χ3n) is 0. The smallest absolute Gasteiger partial charge is 0.759 e. The van der Waals surface area contributed by atoms with Gasteiger partial charge in [0.1, 0.15) is 0 Å². The van der Waals surface area contributed by atoms with Gasteiger partial charge in [0.05, 0.1) is 0 Å². The van der Waals surface area contributed by atoms with Crippen LogP contribution in [0.5, 0.6) is 0 Å². The first-order valence-corrected chi connectivity index (χ1v) is 4.30. The van der Waals surface area contributed by atoms with Gasteiger partial charge in [0.15, 0.2) is 0 Å². The average molecular weight is 294 g/mol. The molecule has 64 valence electrons. The summed E-state index contributed by atoms with van der Waals surface area (Å²) in [4.78, 5) is 22.9. The maximum Gasteiger partial charge on any atom is 1.00 e. The summed E-state index contributed by atoms with van der Waals surface area (Å²) in [7, 11) is -10.1. The van der Waals surface area contributed by atoms with Crippen molar-refractivity contribution in [3.05, 3.63) is 0 Å². The van der Waals surface area contributed by atoms with Crippen LogP contribution in [-0.2, 0) is 15.0 Å².